The summed E-state index contributed by atoms with van der Waals surface area (Å²) in [6.45, 7) is 1.91. The zero-order valence-corrected chi connectivity index (χ0v) is 12.1. The number of carbonyl (C=O) groups is 2. The lowest BCUT2D eigenvalue weighted by molar-refractivity contribution is -0.147. The number of nitrogens with one attached hydrogen (secondary N) is 1. The largest absolute Gasteiger partial charge is 0.481 e. The third kappa shape index (κ3) is 3.31. The maximum absolute atomic E-state index is 12.3. The van der Waals surface area contributed by atoms with E-state index in [1.807, 2.05) is 13.0 Å². The van der Waals surface area contributed by atoms with Crippen molar-refractivity contribution < 1.29 is 14.7 Å². The van der Waals surface area contributed by atoms with E-state index in [4.69, 9.17) is 11.6 Å². The highest BCUT2D eigenvalue weighted by Crippen LogP contribution is 2.32. The van der Waals surface area contributed by atoms with Crippen molar-refractivity contribution in [1.29, 1.82) is 0 Å². The van der Waals surface area contributed by atoms with Gasteiger partial charge in [0.25, 0.3) is 0 Å². The highest BCUT2D eigenvalue weighted by Gasteiger charge is 2.35. The number of aryl methyl sites for hydroxylation is 1. The number of carboxylic acids is 1. The molecule has 0 radical (unpaired) electrons. The number of carbonyl (C=O) groups excluding carboxylic acids is 1. The van der Waals surface area contributed by atoms with Crippen LogP contribution in [0.15, 0.2) is 18.2 Å². The van der Waals surface area contributed by atoms with Crippen LogP contribution >= 0.6 is 11.6 Å². The number of anilines is 1. The van der Waals surface area contributed by atoms with Gasteiger partial charge in [0.05, 0.1) is 22.5 Å². The number of halogens is 1. The van der Waals surface area contributed by atoms with Crippen molar-refractivity contribution in [2.75, 3.05) is 5.32 Å². The number of hydrogen-bond donors (Lipinski definition) is 2. The van der Waals surface area contributed by atoms with Gasteiger partial charge in [-0.05, 0) is 37.5 Å². The number of carboxylic acid groups (broad SMARTS) is 1. The summed E-state index contributed by atoms with van der Waals surface area (Å²) in [4.78, 5) is 23.5. The van der Waals surface area contributed by atoms with Gasteiger partial charge in [0.15, 0.2) is 0 Å². The van der Waals surface area contributed by atoms with Crippen LogP contribution in [0.4, 0.5) is 5.69 Å². The van der Waals surface area contributed by atoms with E-state index in [2.05, 4.69) is 5.32 Å². The quantitative estimate of drug-likeness (QED) is 0.897. The Labute approximate surface area is 123 Å². The molecule has 1 fully saturated rings. The second kappa shape index (κ2) is 6.27. The summed E-state index contributed by atoms with van der Waals surface area (Å²) in [5.74, 6) is -2.20. The molecular formula is C15H18ClNO3. The highest BCUT2D eigenvalue weighted by atomic mass is 35.5. The molecular weight excluding hydrogens is 278 g/mol. The number of rotatable bonds is 3. The van der Waals surface area contributed by atoms with Crippen LogP contribution in [0.3, 0.4) is 0 Å². The third-order valence-corrected chi connectivity index (χ3v) is 4.13. The van der Waals surface area contributed by atoms with Crippen molar-refractivity contribution in [3.63, 3.8) is 0 Å². The monoisotopic (exact) mass is 295 g/mol. The van der Waals surface area contributed by atoms with Crippen molar-refractivity contribution in [3.8, 4) is 0 Å². The fraction of sp³-hybridized carbons (Fsp3) is 0.467. The summed E-state index contributed by atoms with van der Waals surface area (Å²) in [7, 11) is 0. The van der Waals surface area contributed by atoms with E-state index in [0.29, 0.717) is 23.6 Å². The van der Waals surface area contributed by atoms with Crippen LogP contribution < -0.4 is 5.32 Å². The Kier molecular flexibility index (Phi) is 4.65. The van der Waals surface area contributed by atoms with Crippen LogP contribution in [0.1, 0.15) is 31.2 Å². The van der Waals surface area contributed by atoms with Crippen LogP contribution in [0.25, 0.3) is 0 Å². The van der Waals surface area contributed by atoms with E-state index in [1.165, 1.54) is 0 Å². The number of amides is 1. The standard InChI is InChI=1S/C15H18ClNO3/c1-9-6-7-12(16)13(8-9)17-14(18)10-4-2-3-5-11(10)15(19)20/h6-8,10-11H,2-5H2,1H3,(H,17,18)(H,19,20)/t10-,11+/m1/s1. The average Bonchev–Trinajstić information content (AvgIpc) is 2.42. The zero-order chi connectivity index (χ0) is 14.7. The molecule has 1 aliphatic rings. The van der Waals surface area contributed by atoms with Gasteiger partial charge in [-0.3, -0.25) is 9.59 Å². The first-order valence-corrected chi connectivity index (χ1v) is 7.16. The van der Waals surface area contributed by atoms with Gasteiger partial charge in [0.1, 0.15) is 0 Å². The first kappa shape index (κ1) is 14.9. The molecule has 1 aromatic rings. The Balaban J connectivity index is 2.14. The third-order valence-electron chi connectivity index (χ3n) is 3.80. The maximum atomic E-state index is 12.3. The Hall–Kier alpha value is -1.55. The first-order chi connectivity index (χ1) is 9.49. The number of aliphatic carboxylic acids is 1. The molecule has 4 nitrogen and oxygen atoms in total. The smallest absolute Gasteiger partial charge is 0.307 e. The normalized spacial score (nSPS) is 22.3. The SMILES string of the molecule is Cc1ccc(Cl)c(NC(=O)[C@@H]2CCCC[C@@H]2C(=O)O)c1. The first-order valence-electron chi connectivity index (χ1n) is 6.79. The predicted octanol–water partition coefficient (Wildman–Crippen LogP) is 3.48. The molecule has 0 aliphatic heterocycles. The topological polar surface area (TPSA) is 66.4 Å². The lowest BCUT2D eigenvalue weighted by Gasteiger charge is -2.27. The zero-order valence-electron chi connectivity index (χ0n) is 11.4. The molecule has 0 unspecified atom stereocenters. The van der Waals surface area contributed by atoms with Crippen molar-refractivity contribution in [3.05, 3.63) is 28.8 Å². The van der Waals surface area contributed by atoms with Crippen molar-refractivity contribution in [2.24, 2.45) is 11.8 Å². The van der Waals surface area contributed by atoms with Crippen LogP contribution in [-0.2, 0) is 9.59 Å². The van der Waals surface area contributed by atoms with Gasteiger partial charge < -0.3 is 10.4 Å². The fourth-order valence-electron chi connectivity index (χ4n) is 2.70. The van der Waals surface area contributed by atoms with Crippen molar-refractivity contribution >= 4 is 29.2 Å². The Morgan fingerprint density at radius 1 is 1.25 bits per heavy atom. The highest BCUT2D eigenvalue weighted by molar-refractivity contribution is 6.33. The minimum absolute atomic E-state index is 0.246. The molecule has 0 heterocycles. The summed E-state index contributed by atoms with van der Waals surface area (Å²) in [6.07, 6.45) is 2.94. The van der Waals surface area contributed by atoms with Gasteiger partial charge in [-0.25, -0.2) is 0 Å². The predicted molar refractivity (Wildman–Crippen MR) is 77.9 cm³/mol. The summed E-state index contributed by atoms with van der Waals surface area (Å²) in [6, 6.07) is 5.37. The Morgan fingerprint density at radius 3 is 2.55 bits per heavy atom. The second-order valence-electron chi connectivity index (χ2n) is 5.31. The lowest BCUT2D eigenvalue weighted by Crippen LogP contribution is -2.36. The van der Waals surface area contributed by atoms with Crippen LogP contribution in [0.5, 0.6) is 0 Å². The van der Waals surface area contributed by atoms with Crippen molar-refractivity contribution in [2.45, 2.75) is 32.6 Å². The van der Waals surface area contributed by atoms with E-state index < -0.39 is 17.8 Å². The minimum atomic E-state index is -0.889. The molecule has 2 atom stereocenters. The fourth-order valence-corrected chi connectivity index (χ4v) is 2.87. The molecule has 20 heavy (non-hydrogen) atoms. The van der Waals surface area contributed by atoms with Gasteiger partial charge in [-0.1, -0.05) is 30.5 Å². The van der Waals surface area contributed by atoms with E-state index >= 15 is 0 Å². The molecule has 0 aromatic heterocycles. The summed E-state index contributed by atoms with van der Waals surface area (Å²) in [5.41, 5.74) is 1.54. The van der Waals surface area contributed by atoms with Gasteiger partial charge >= 0.3 is 5.97 Å². The molecule has 1 aliphatic carbocycles. The van der Waals surface area contributed by atoms with E-state index in [-0.39, 0.29) is 5.91 Å². The van der Waals surface area contributed by atoms with Crippen LogP contribution in [0, 0.1) is 18.8 Å². The molecule has 2 N–H and O–H groups in total. The molecule has 5 heteroatoms. The van der Waals surface area contributed by atoms with Gasteiger partial charge in [0, 0.05) is 0 Å². The average molecular weight is 296 g/mol. The second-order valence-corrected chi connectivity index (χ2v) is 5.72. The molecule has 0 saturated heterocycles. The molecule has 108 valence electrons. The lowest BCUT2D eigenvalue weighted by atomic mass is 9.78. The maximum Gasteiger partial charge on any atom is 0.307 e. The van der Waals surface area contributed by atoms with Gasteiger partial charge in [0.2, 0.25) is 5.91 Å². The molecule has 2 rings (SSSR count). The summed E-state index contributed by atoms with van der Waals surface area (Å²) >= 11 is 6.05. The number of benzene rings is 1. The minimum Gasteiger partial charge on any atom is -0.481 e. The van der Waals surface area contributed by atoms with Crippen molar-refractivity contribution in [1.82, 2.24) is 0 Å². The van der Waals surface area contributed by atoms with E-state index in [1.54, 1.807) is 12.1 Å². The molecule has 1 amide bonds. The molecule has 0 bridgehead atoms. The Morgan fingerprint density at radius 2 is 1.90 bits per heavy atom. The van der Waals surface area contributed by atoms with Gasteiger partial charge in [-0.15, -0.1) is 0 Å². The van der Waals surface area contributed by atoms with E-state index in [9.17, 15) is 14.7 Å². The molecule has 1 saturated carbocycles. The summed E-state index contributed by atoms with van der Waals surface area (Å²) < 4.78 is 0. The number of hydrogen-bond acceptors (Lipinski definition) is 2. The van der Waals surface area contributed by atoms with Gasteiger partial charge in [-0.2, -0.15) is 0 Å². The Bertz CT molecular complexity index is 530. The molecule has 0 spiro atoms. The summed E-state index contributed by atoms with van der Waals surface area (Å²) in [5, 5.41) is 12.5. The van der Waals surface area contributed by atoms with Crippen LogP contribution in [0.2, 0.25) is 5.02 Å². The van der Waals surface area contributed by atoms with Crippen LogP contribution in [-0.4, -0.2) is 17.0 Å². The molecule has 1 aromatic carbocycles. The van der Waals surface area contributed by atoms with E-state index in [0.717, 1.165) is 18.4 Å².